The lowest BCUT2D eigenvalue weighted by molar-refractivity contribution is 0.0450. The Balaban J connectivity index is 1.33. The summed E-state index contributed by atoms with van der Waals surface area (Å²) >= 11 is 0. The molecule has 6 heteroatoms. The van der Waals surface area contributed by atoms with Crippen molar-refractivity contribution in [3.8, 4) is 0 Å². The van der Waals surface area contributed by atoms with Crippen molar-refractivity contribution < 1.29 is 4.74 Å². The number of hydrogen-bond donors (Lipinski definition) is 0. The maximum absolute atomic E-state index is 6.12. The van der Waals surface area contributed by atoms with Gasteiger partial charge in [0.15, 0.2) is 0 Å². The molecule has 2 aromatic heterocycles. The predicted molar refractivity (Wildman–Crippen MR) is 91.8 cm³/mol. The normalized spacial score (nSPS) is 24.1. The first kappa shape index (κ1) is 15.5. The third-order valence-electron chi connectivity index (χ3n) is 4.83. The van der Waals surface area contributed by atoms with Gasteiger partial charge in [-0.2, -0.15) is 0 Å². The van der Waals surface area contributed by atoms with E-state index in [9.17, 15) is 0 Å². The van der Waals surface area contributed by atoms with Crippen LogP contribution in [0.3, 0.4) is 0 Å². The van der Waals surface area contributed by atoms with Crippen LogP contribution in [0.25, 0.3) is 0 Å². The lowest BCUT2D eigenvalue weighted by Gasteiger charge is -2.37. The molecule has 0 unspecified atom stereocenters. The molecule has 2 atom stereocenters. The Morgan fingerprint density at radius 2 is 2.00 bits per heavy atom. The predicted octanol–water partition coefficient (Wildman–Crippen LogP) is 1.66. The number of hydrogen-bond acceptors (Lipinski definition) is 6. The topological polar surface area (TPSA) is 54.4 Å². The highest BCUT2D eigenvalue weighted by Gasteiger charge is 2.37. The molecule has 2 aliphatic heterocycles. The zero-order chi connectivity index (χ0) is 16.4. The summed E-state index contributed by atoms with van der Waals surface area (Å²) in [5.41, 5.74) is 2.05. The summed E-state index contributed by atoms with van der Waals surface area (Å²) < 4.78 is 6.12. The first-order valence-corrected chi connectivity index (χ1v) is 8.58. The number of fused-ring (bicyclic) bond motifs is 1. The number of nitrogens with zero attached hydrogens (tertiary/aromatic N) is 5. The third-order valence-corrected chi connectivity index (χ3v) is 4.83. The minimum Gasteiger partial charge on any atom is -0.371 e. The Morgan fingerprint density at radius 1 is 1.12 bits per heavy atom. The summed E-state index contributed by atoms with van der Waals surface area (Å²) in [7, 11) is 0. The summed E-state index contributed by atoms with van der Waals surface area (Å²) in [6.45, 7) is 6.63. The van der Waals surface area contributed by atoms with Crippen molar-refractivity contribution in [1.82, 2.24) is 19.9 Å². The Labute approximate surface area is 142 Å². The van der Waals surface area contributed by atoms with Crippen LogP contribution in [-0.2, 0) is 11.3 Å². The van der Waals surface area contributed by atoms with Crippen LogP contribution in [-0.4, -0.2) is 58.2 Å². The van der Waals surface area contributed by atoms with Gasteiger partial charge in [-0.15, -0.1) is 0 Å². The molecule has 0 saturated carbocycles. The Morgan fingerprint density at radius 3 is 2.83 bits per heavy atom. The van der Waals surface area contributed by atoms with Crippen molar-refractivity contribution in [3.05, 3.63) is 48.0 Å². The highest BCUT2D eigenvalue weighted by atomic mass is 16.5. The van der Waals surface area contributed by atoms with Gasteiger partial charge in [-0.05, 0) is 31.5 Å². The minimum absolute atomic E-state index is 0.286. The molecule has 24 heavy (non-hydrogen) atoms. The summed E-state index contributed by atoms with van der Waals surface area (Å²) in [5.74, 6) is 0.838. The van der Waals surface area contributed by atoms with Crippen LogP contribution in [0.2, 0.25) is 0 Å². The van der Waals surface area contributed by atoms with Gasteiger partial charge in [0.2, 0.25) is 5.95 Å². The molecule has 0 aromatic carbocycles. The lowest BCUT2D eigenvalue weighted by atomic mass is 10.1. The zero-order valence-electron chi connectivity index (χ0n) is 14.0. The van der Waals surface area contributed by atoms with Gasteiger partial charge in [0.1, 0.15) is 0 Å². The van der Waals surface area contributed by atoms with E-state index in [1.807, 2.05) is 43.6 Å². The Hall–Kier alpha value is -2.05. The molecule has 2 aliphatic rings. The molecule has 0 aliphatic carbocycles. The summed E-state index contributed by atoms with van der Waals surface area (Å²) in [4.78, 5) is 18.1. The molecule has 0 spiro atoms. The van der Waals surface area contributed by atoms with Crippen LogP contribution in [0.4, 0.5) is 5.95 Å². The van der Waals surface area contributed by atoms with E-state index >= 15 is 0 Å². The van der Waals surface area contributed by atoms with Crippen molar-refractivity contribution in [2.45, 2.75) is 32.1 Å². The molecule has 2 aromatic rings. The fourth-order valence-electron chi connectivity index (χ4n) is 3.64. The molecule has 126 valence electrons. The number of rotatable bonds is 4. The van der Waals surface area contributed by atoms with Crippen molar-refractivity contribution in [2.75, 3.05) is 31.1 Å². The third kappa shape index (κ3) is 3.39. The van der Waals surface area contributed by atoms with E-state index in [0.717, 1.165) is 49.9 Å². The number of piperazine rings is 1. The zero-order valence-corrected chi connectivity index (χ0v) is 14.0. The maximum Gasteiger partial charge on any atom is 0.225 e. The molecule has 4 rings (SSSR count). The standard InChI is InChI=1S/C18H23N5O/c1-14-4-2-5-15(21-14)13-24-17-10-16-11-23(9-8-22(16)12-17)18-19-6-3-7-20-18/h2-7,16-17H,8-13H2,1H3/t16-,17+/m0/s1. The van der Waals surface area contributed by atoms with Crippen molar-refractivity contribution in [2.24, 2.45) is 0 Å². The summed E-state index contributed by atoms with van der Waals surface area (Å²) in [6.07, 6.45) is 4.97. The summed E-state index contributed by atoms with van der Waals surface area (Å²) in [6, 6.07) is 8.47. The molecular formula is C18H23N5O. The average molecular weight is 325 g/mol. The quantitative estimate of drug-likeness (QED) is 0.852. The second kappa shape index (κ2) is 6.83. The SMILES string of the molecule is Cc1cccc(CO[C@@H]2C[C@H]3CN(c4ncccn4)CCN3C2)n1. The second-order valence-corrected chi connectivity index (χ2v) is 6.58. The molecule has 2 fully saturated rings. The van der Waals surface area contributed by atoms with Gasteiger partial charge in [-0.3, -0.25) is 9.88 Å². The molecule has 6 nitrogen and oxygen atoms in total. The van der Waals surface area contributed by atoms with Gasteiger partial charge in [0.05, 0.1) is 18.4 Å². The first-order chi connectivity index (χ1) is 11.8. The average Bonchev–Trinajstić information content (AvgIpc) is 3.03. The Kier molecular flexibility index (Phi) is 4.40. The van der Waals surface area contributed by atoms with E-state index in [2.05, 4.69) is 24.8 Å². The molecule has 0 radical (unpaired) electrons. The van der Waals surface area contributed by atoms with Crippen LogP contribution in [0.1, 0.15) is 17.8 Å². The fraction of sp³-hybridized carbons (Fsp3) is 0.500. The second-order valence-electron chi connectivity index (χ2n) is 6.58. The van der Waals surface area contributed by atoms with Gasteiger partial charge < -0.3 is 9.64 Å². The van der Waals surface area contributed by atoms with E-state index in [4.69, 9.17) is 4.74 Å². The minimum atomic E-state index is 0.286. The molecular weight excluding hydrogens is 302 g/mol. The van der Waals surface area contributed by atoms with Crippen molar-refractivity contribution >= 4 is 5.95 Å². The van der Waals surface area contributed by atoms with Gasteiger partial charge in [0, 0.05) is 50.3 Å². The van der Waals surface area contributed by atoms with Crippen LogP contribution in [0.15, 0.2) is 36.7 Å². The van der Waals surface area contributed by atoms with Crippen molar-refractivity contribution in [3.63, 3.8) is 0 Å². The van der Waals surface area contributed by atoms with E-state index < -0.39 is 0 Å². The van der Waals surface area contributed by atoms with E-state index in [1.54, 1.807) is 0 Å². The van der Waals surface area contributed by atoms with Crippen LogP contribution in [0, 0.1) is 6.92 Å². The van der Waals surface area contributed by atoms with Crippen LogP contribution in [0.5, 0.6) is 0 Å². The molecule has 0 N–H and O–H groups in total. The number of aromatic nitrogens is 3. The molecule has 4 heterocycles. The van der Waals surface area contributed by atoms with E-state index in [-0.39, 0.29) is 6.10 Å². The largest absolute Gasteiger partial charge is 0.371 e. The van der Waals surface area contributed by atoms with Gasteiger partial charge in [-0.25, -0.2) is 9.97 Å². The maximum atomic E-state index is 6.12. The smallest absolute Gasteiger partial charge is 0.225 e. The van der Waals surface area contributed by atoms with E-state index in [1.165, 1.54) is 0 Å². The fourth-order valence-corrected chi connectivity index (χ4v) is 3.64. The van der Waals surface area contributed by atoms with Crippen molar-refractivity contribution in [1.29, 1.82) is 0 Å². The number of ether oxygens (including phenoxy) is 1. The van der Waals surface area contributed by atoms with Crippen LogP contribution >= 0.6 is 0 Å². The van der Waals surface area contributed by atoms with Gasteiger partial charge in [0.25, 0.3) is 0 Å². The number of aryl methyl sites for hydroxylation is 1. The van der Waals surface area contributed by atoms with Gasteiger partial charge in [-0.1, -0.05) is 6.07 Å². The number of anilines is 1. The van der Waals surface area contributed by atoms with Gasteiger partial charge >= 0.3 is 0 Å². The van der Waals surface area contributed by atoms with E-state index in [0.29, 0.717) is 12.6 Å². The highest BCUT2D eigenvalue weighted by Crippen LogP contribution is 2.26. The molecule has 0 amide bonds. The molecule has 2 saturated heterocycles. The van der Waals surface area contributed by atoms with Crippen LogP contribution < -0.4 is 4.90 Å². The Bertz CT molecular complexity index is 680. The monoisotopic (exact) mass is 325 g/mol. The summed E-state index contributed by atoms with van der Waals surface area (Å²) in [5, 5.41) is 0. The molecule has 0 bridgehead atoms. The first-order valence-electron chi connectivity index (χ1n) is 8.58. The lowest BCUT2D eigenvalue weighted by Crippen LogP contribution is -2.50. The number of pyridine rings is 1. The highest BCUT2D eigenvalue weighted by molar-refractivity contribution is 5.30.